The van der Waals surface area contributed by atoms with Gasteiger partial charge in [0.1, 0.15) is 0 Å². The summed E-state index contributed by atoms with van der Waals surface area (Å²) >= 11 is 0. The maximum absolute atomic E-state index is 12.0. The highest BCUT2D eigenvalue weighted by atomic mass is 16.1. The number of benzene rings is 1. The van der Waals surface area contributed by atoms with Crippen LogP contribution in [-0.4, -0.2) is 11.9 Å². The van der Waals surface area contributed by atoms with E-state index in [4.69, 9.17) is 5.73 Å². The van der Waals surface area contributed by atoms with E-state index in [1.807, 2.05) is 24.3 Å². The monoisotopic (exact) mass is 274 g/mol. The van der Waals surface area contributed by atoms with Crippen molar-refractivity contribution < 1.29 is 4.79 Å². The summed E-state index contributed by atoms with van der Waals surface area (Å²) in [7, 11) is 0. The van der Waals surface area contributed by atoms with Gasteiger partial charge in [-0.2, -0.15) is 0 Å². The molecule has 0 radical (unpaired) electrons. The highest BCUT2D eigenvalue weighted by Crippen LogP contribution is 2.34. The molecule has 0 saturated heterocycles. The number of nitrogen functional groups attached to an aromatic ring is 1. The quantitative estimate of drug-likeness (QED) is 0.828. The second kappa shape index (κ2) is 6.29. The number of hydrogen-bond donors (Lipinski definition) is 2. The standard InChI is InChI=1S/C17H26N2O/c1-17(2)11-9-14(10-12-17)19-16(20)8-7-13-5-3-4-6-15(13)18/h3-6,14H,7-12,18H2,1-2H3,(H,19,20). The van der Waals surface area contributed by atoms with E-state index in [-0.39, 0.29) is 5.91 Å². The van der Waals surface area contributed by atoms with Crippen LogP contribution in [0.4, 0.5) is 5.69 Å². The third-order valence-electron chi connectivity index (χ3n) is 4.38. The van der Waals surface area contributed by atoms with Crippen molar-refractivity contribution in [3.63, 3.8) is 0 Å². The first kappa shape index (κ1) is 14.9. The molecular formula is C17H26N2O. The molecule has 1 saturated carbocycles. The van der Waals surface area contributed by atoms with Gasteiger partial charge in [0.2, 0.25) is 5.91 Å². The lowest BCUT2D eigenvalue weighted by atomic mass is 9.75. The summed E-state index contributed by atoms with van der Waals surface area (Å²) in [6.07, 6.45) is 5.84. The van der Waals surface area contributed by atoms with Crippen molar-refractivity contribution >= 4 is 11.6 Å². The molecule has 1 aromatic rings. The molecule has 1 aliphatic rings. The molecule has 110 valence electrons. The summed E-state index contributed by atoms with van der Waals surface area (Å²) in [6.45, 7) is 4.62. The van der Waals surface area contributed by atoms with Gasteiger partial charge in [0.15, 0.2) is 0 Å². The van der Waals surface area contributed by atoms with Gasteiger partial charge in [-0.15, -0.1) is 0 Å². The number of nitrogens with two attached hydrogens (primary N) is 1. The van der Waals surface area contributed by atoms with Crippen LogP contribution in [-0.2, 0) is 11.2 Å². The number of aryl methyl sites for hydroxylation is 1. The molecule has 0 bridgehead atoms. The Morgan fingerprint density at radius 1 is 1.30 bits per heavy atom. The zero-order valence-corrected chi connectivity index (χ0v) is 12.6. The van der Waals surface area contributed by atoms with Crippen LogP contribution in [0.2, 0.25) is 0 Å². The van der Waals surface area contributed by atoms with Crippen LogP contribution < -0.4 is 11.1 Å². The van der Waals surface area contributed by atoms with E-state index in [9.17, 15) is 4.79 Å². The minimum Gasteiger partial charge on any atom is -0.399 e. The SMILES string of the molecule is CC1(C)CCC(NC(=O)CCc2ccccc2N)CC1. The molecule has 0 heterocycles. The first-order valence-corrected chi connectivity index (χ1v) is 7.59. The summed E-state index contributed by atoms with van der Waals surface area (Å²) < 4.78 is 0. The number of rotatable bonds is 4. The van der Waals surface area contributed by atoms with Crippen molar-refractivity contribution in [2.24, 2.45) is 5.41 Å². The second-order valence-electron chi connectivity index (χ2n) is 6.70. The second-order valence-corrected chi connectivity index (χ2v) is 6.70. The number of carbonyl (C=O) groups excluding carboxylic acids is 1. The van der Waals surface area contributed by atoms with Crippen molar-refractivity contribution in [2.75, 3.05) is 5.73 Å². The molecule has 1 aliphatic carbocycles. The Kier molecular flexibility index (Phi) is 4.69. The fourth-order valence-corrected chi connectivity index (χ4v) is 2.85. The minimum absolute atomic E-state index is 0.151. The van der Waals surface area contributed by atoms with E-state index < -0.39 is 0 Å². The van der Waals surface area contributed by atoms with Crippen LogP contribution in [0.1, 0.15) is 51.5 Å². The largest absolute Gasteiger partial charge is 0.399 e. The molecular weight excluding hydrogens is 248 g/mol. The van der Waals surface area contributed by atoms with Crippen LogP contribution in [0.25, 0.3) is 0 Å². The molecule has 3 N–H and O–H groups in total. The molecule has 3 nitrogen and oxygen atoms in total. The summed E-state index contributed by atoms with van der Waals surface area (Å²) in [5.74, 6) is 0.151. The van der Waals surface area contributed by atoms with Crippen molar-refractivity contribution in [2.45, 2.75) is 58.4 Å². The summed E-state index contributed by atoms with van der Waals surface area (Å²) in [5, 5.41) is 3.17. The highest BCUT2D eigenvalue weighted by Gasteiger charge is 2.27. The van der Waals surface area contributed by atoms with Gasteiger partial charge in [0.05, 0.1) is 0 Å². The van der Waals surface area contributed by atoms with Crippen LogP contribution in [0.15, 0.2) is 24.3 Å². The predicted octanol–water partition coefficient (Wildman–Crippen LogP) is 3.29. The number of carbonyl (C=O) groups is 1. The molecule has 0 atom stereocenters. The van der Waals surface area contributed by atoms with E-state index in [2.05, 4.69) is 19.2 Å². The molecule has 3 heteroatoms. The summed E-state index contributed by atoms with van der Waals surface area (Å²) in [6, 6.07) is 8.13. The van der Waals surface area contributed by atoms with Crippen molar-refractivity contribution in [1.82, 2.24) is 5.32 Å². The zero-order chi connectivity index (χ0) is 14.6. The third-order valence-corrected chi connectivity index (χ3v) is 4.38. The van der Waals surface area contributed by atoms with E-state index in [0.29, 0.717) is 17.9 Å². The summed E-state index contributed by atoms with van der Waals surface area (Å²) in [5.41, 5.74) is 8.17. The average Bonchev–Trinajstić information content (AvgIpc) is 2.40. The Balaban J connectivity index is 1.75. The maximum atomic E-state index is 12.0. The lowest BCUT2D eigenvalue weighted by molar-refractivity contribution is -0.122. The van der Waals surface area contributed by atoms with E-state index >= 15 is 0 Å². The van der Waals surface area contributed by atoms with Gasteiger partial charge in [-0.05, 0) is 49.1 Å². The van der Waals surface area contributed by atoms with Gasteiger partial charge in [-0.25, -0.2) is 0 Å². The number of nitrogens with one attached hydrogen (secondary N) is 1. The molecule has 2 rings (SSSR count). The average molecular weight is 274 g/mol. The Morgan fingerprint density at radius 2 is 1.95 bits per heavy atom. The third kappa shape index (κ3) is 4.26. The van der Waals surface area contributed by atoms with Crippen LogP contribution >= 0.6 is 0 Å². The van der Waals surface area contributed by atoms with E-state index in [1.54, 1.807) is 0 Å². The Bertz CT molecular complexity index is 458. The first-order valence-electron chi connectivity index (χ1n) is 7.59. The van der Waals surface area contributed by atoms with Crippen LogP contribution in [0, 0.1) is 5.41 Å². The Labute approximate surface area is 121 Å². The van der Waals surface area contributed by atoms with Crippen molar-refractivity contribution in [3.05, 3.63) is 29.8 Å². The molecule has 0 aliphatic heterocycles. The van der Waals surface area contributed by atoms with Gasteiger partial charge in [-0.1, -0.05) is 32.0 Å². The Morgan fingerprint density at radius 3 is 2.60 bits per heavy atom. The topological polar surface area (TPSA) is 55.1 Å². The number of amides is 1. The van der Waals surface area contributed by atoms with Crippen molar-refractivity contribution in [1.29, 1.82) is 0 Å². The molecule has 0 unspecified atom stereocenters. The smallest absolute Gasteiger partial charge is 0.220 e. The number of hydrogen-bond acceptors (Lipinski definition) is 2. The van der Waals surface area contributed by atoms with Gasteiger partial charge in [0, 0.05) is 18.2 Å². The molecule has 1 aromatic carbocycles. The van der Waals surface area contributed by atoms with Gasteiger partial charge in [0.25, 0.3) is 0 Å². The lowest BCUT2D eigenvalue weighted by Crippen LogP contribution is -2.39. The normalized spacial score (nSPS) is 18.7. The fourth-order valence-electron chi connectivity index (χ4n) is 2.85. The molecule has 1 amide bonds. The van der Waals surface area contributed by atoms with Gasteiger partial charge >= 0.3 is 0 Å². The Hall–Kier alpha value is -1.51. The van der Waals surface area contributed by atoms with Crippen LogP contribution in [0.5, 0.6) is 0 Å². The molecule has 0 spiro atoms. The number of anilines is 1. The minimum atomic E-state index is 0.151. The molecule has 20 heavy (non-hydrogen) atoms. The highest BCUT2D eigenvalue weighted by molar-refractivity contribution is 5.76. The predicted molar refractivity (Wildman–Crippen MR) is 83.4 cm³/mol. The van der Waals surface area contributed by atoms with Gasteiger partial charge < -0.3 is 11.1 Å². The van der Waals surface area contributed by atoms with Crippen molar-refractivity contribution in [3.8, 4) is 0 Å². The van der Waals surface area contributed by atoms with Gasteiger partial charge in [-0.3, -0.25) is 4.79 Å². The maximum Gasteiger partial charge on any atom is 0.220 e. The zero-order valence-electron chi connectivity index (χ0n) is 12.6. The number of para-hydroxylation sites is 1. The van der Waals surface area contributed by atoms with E-state index in [0.717, 1.165) is 30.5 Å². The van der Waals surface area contributed by atoms with E-state index in [1.165, 1.54) is 12.8 Å². The molecule has 0 aromatic heterocycles. The summed E-state index contributed by atoms with van der Waals surface area (Å²) in [4.78, 5) is 12.0. The first-order chi connectivity index (χ1) is 9.46. The fraction of sp³-hybridized carbons (Fsp3) is 0.588. The lowest BCUT2D eigenvalue weighted by Gasteiger charge is -2.34. The van der Waals surface area contributed by atoms with Crippen LogP contribution in [0.3, 0.4) is 0 Å². The molecule has 1 fully saturated rings.